The first kappa shape index (κ1) is 17.3. The van der Waals surface area contributed by atoms with Crippen molar-refractivity contribution in [2.24, 2.45) is 0 Å². The molecule has 0 radical (unpaired) electrons. The van der Waals surface area contributed by atoms with Crippen molar-refractivity contribution in [3.8, 4) is 0 Å². The van der Waals surface area contributed by atoms with E-state index in [9.17, 15) is 8.42 Å². The molecule has 2 fully saturated rings. The Bertz CT molecular complexity index is 1090. The van der Waals surface area contributed by atoms with Crippen molar-refractivity contribution in [1.29, 1.82) is 0 Å². The highest BCUT2D eigenvalue weighted by Crippen LogP contribution is 2.30. The number of furan rings is 1. The fraction of sp³-hybridized carbons (Fsp3) is 0.368. The van der Waals surface area contributed by atoms with Crippen LogP contribution in [0.1, 0.15) is 12.8 Å². The summed E-state index contributed by atoms with van der Waals surface area (Å²) in [5.41, 5.74) is 3.32. The summed E-state index contributed by atoms with van der Waals surface area (Å²) in [5, 5.41) is 6.63. The van der Waals surface area contributed by atoms with Gasteiger partial charge in [-0.15, -0.1) is 0 Å². The largest absolute Gasteiger partial charge is 0.459 e. The highest BCUT2D eigenvalue weighted by Gasteiger charge is 2.24. The Morgan fingerprint density at radius 3 is 2.50 bits per heavy atom. The van der Waals surface area contributed by atoms with Crippen molar-refractivity contribution >= 4 is 44.1 Å². The molecule has 0 unspecified atom stereocenters. The lowest BCUT2D eigenvalue weighted by Gasteiger charge is -2.28. The van der Waals surface area contributed by atoms with Crippen LogP contribution in [0.15, 0.2) is 41.0 Å². The Morgan fingerprint density at radius 2 is 1.79 bits per heavy atom. The van der Waals surface area contributed by atoms with Gasteiger partial charge in [-0.25, -0.2) is 13.4 Å². The van der Waals surface area contributed by atoms with Gasteiger partial charge >= 0.3 is 0 Å². The van der Waals surface area contributed by atoms with Crippen LogP contribution in [-0.4, -0.2) is 49.0 Å². The SMILES string of the molecule is O=S1(=O)CCN(c2ccc(Nc3nc(NC4CC4)c4occc4n3)cc2)CC1. The van der Waals surface area contributed by atoms with Gasteiger partial charge in [-0.2, -0.15) is 4.98 Å². The number of sulfone groups is 1. The van der Waals surface area contributed by atoms with Gasteiger partial charge in [0.25, 0.3) is 0 Å². The zero-order valence-corrected chi connectivity index (χ0v) is 16.1. The van der Waals surface area contributed by atoms with Crippen molar-refractivity contribution in [2.45, 2.75) is 18.9 Å². The molecule has 9 heteroatoms. The van der Waals surface area contributed by atoms with Gasteiger partial charge in [0.05, 0.1) is 17.8 Å². The first-order valence-electron chi connectivity index (χ1n) is 9.40. The molecule has 1 aliphatic heterocycles. The van der Waals surface area contributed by atoms with Crippen LogP contribution in [-0.2, 0) is 9.84 Å². The van der Waals surface area contributed by atoms with Crippen LogP contribution in [0, 0.1) is 0 Å². The molecule has 0 bridgehead atoms. The van der Waals surface area contributed by atoms with E-state index in [4.69, 9.17) is 4.42 Å². The van der Waals surface area contributed by atoms with Gasteiger partial charge in [-0.05, 0) is 37.1 Å². The Balaban J connectivity index is 1.33. The Morgan fingerprint density at radius 1 is 1.04 bits per heavy atom. The number of hydrogen-bond donors (Lipinski definition) is 2. The number of rotatable bonds is 5. The highest BCUT2D eigenvalue weighted by atomic mass is 32.2. The van der Waals surface area contributed by atoms with Crippen molar-refractivity contribution in [3.05, 3.63) is 36.6 Å². The second kappa shape index (κ2) is 6.66. The summed E-state index contributed by atoms with van der Waals surface area (Å²) in [6.45, 7) is 1.07. The molecule has 0 spiro atoms. The van der Waals surface area contributed by atoms with Crippen LogP contribution in [0.25, 0.3) is 11.1 Å². The average molecular weight is 399 g/mol. The lowest BCUT2D eigenvalue weighted by Crippen LogP contribution is -2.40. The molecule has 2 aromatic heterocycles. The Labute approximate surface area is 162 Å². The van der Waals surface area contributed by atoms with Crippen LogP contribution < -0.4 is 15.5 Å². The predicted octanol–water partition coefficient (Wildman–Crippen LogP) is 2.78. The average Bonchev–Trinajstić information content (AvgIpc) is 3.36. The van der Waals surface area contributed by atoms with Gasteiger partial charge < -0.3 is 20.0 Å². The normalized spacial score (nSPS) is 18.9. The van der Waals surface area contributed by atoms with E-state index in [1.807, 2.05) is 30.3 Å². The van der Waals surface area contributed by atoms with Crippen LogP contribution >= 0.6 is 0 Å². The standard InChI is InChI=1S/C19H21N5O3S/c25-28(26)11-8-24(9-12-28)15-5-3-14(4-6-15)21-19-22-16-7-10-27-17(16)18(23-19)20-13-1-2-13/h3-7,10,13H,1-2,8-9,11-12H2,(H2,20,21,22,23). The number of benzene rings is 1. The molecule has 1 saturated heterocycles. The molecular weight excluding hydrogens is 378 g/mol. The van der Waals surface area contributed by atoms with E-state index in [-0.39, 0.29) is 11.5 Å². The molecule has 2 aliphatic rings. The van der Waals surface area contributed by atoms with E-state index < -0.39 is 9.84 Å². The van der Waals surface area contributed by atoms with E-state index in [0.717, 1.165) is 29.7 Å². The first-order chi connectivity index (χ1) is 13.6. The summed E-state index contributed by atoms with van der Waals surface area (Å²) in [6.07, 6.45) is 3.91. The van der Waals surface area contributed by atoms with E-state index >= 15 is 0 Å². The summed E-state index contributed by atoms with van der Waals surface area (Å²) in [5.74, 6) is 1.64. The molecule has 0 atom stereocenters. The third-order valence-electron chi connectivity index (χ3n) is 5.05. The molecule has 1 saturated carbocycles. The minimum atomic E-state index is -2.88. The number of anilines is 4. The molecule has 2 N–H and O–H groups in total. The van der Waals surface area contributed by atoms with Crippen molar-refractivity contribution < 1.29 is 12.8 Å². The molecular formula is C19H21N5O3S. The zero-order valence-electron chi connectivity index (χ0n) is 15.3. The minimum absolute atomic E-state index is 0.211. The van der Waals surface area contributed by atoms with Crippen LogP contribution in [0.2, 0.25) is 0 Å². The maximum Gasteiger partial charge on any atom is 0.229 e. The van der Waals surface area contributed by atoms with Gasteiger partial charge in [0.15, 0.2) is 21.2 Å². The van der Waals surface area contributed by atoms with E-state index in [1.165, 1.54) is 0 Å². The third kappa shape index (κ3) is 3.62. The Hall–Kier alpha value is -2.81. The maximum atomic E-state index is 11.6. The van der Waals surface area contributed by atoms with E-state index in [2.05, 4.69) is 25.5 Å². The highest BCUT2D eigenvalue weighted by molar-refractivity contribution is 7.91. The summed E-state index contributed by atoms with van der Waals surface area (Å²) < 4.78 is 28.7. The monoisotopic (exact) mass is 399 g/mol. The lowest BCUT2D eigenvalue weighted by atomic mass is 10.2. The molecule has 3 aromatic rings. The smallest absolute Gasteiger partial charge is 0.229 e. The summed E-state index contributed by atoms with van der Waals surface area (Å²) in [4.78, 5) is 11.2. The number of nitrogens with one attached hydrogen (secondary N) is 2. The number of fused-ring (bicyclic) bond motifs is 1. The topological polar surface area (TPSA) is 100 Å². The summed E-state index contributed by atoms with van der Waals surface area (Å²) in [6, 6.07) is 10.2. The predicted molar refractivity (Wildman–Crippen MR) is 109 cm³/mol. The molecule has 1 aliphatic carbocycles. The third-order valence-corrected chi connectivity index (χ3v) is 6.66. The van der Waals surface area contributed by atoms with Gasteiger partial charge in [-0.1, -0.05) is 0 Å². The summed E-state index contributed by atoms with van der Waals surface area (Å²) in [7, 11) is -2.88. The Kier molecular flexibility index (Phi) is 4.12. The van der Waals surface area contributed by atoms with Gasteiger partial charge in [-0.3, -0.25) is 0 Å². The first-order valence-corrected chi connectivity index (χ1v) is 11.2. The molecule has 8 nitrogen and oxygen atoms in total. The fourth-order valence-electron chi connectivity index (χ4n) is 3.29. The molecule has 146 valence electrons. The molecule has 5 rings (SSSR count). The quantitative estimate of drug-likeness (QED) is 0.676. The molecule has 28 heavy (non-hydrogen) atoms. The molecule has 1 aromatic carbocycles. The second-order valence-electron chi connectivity index (χ2n) is 7.26. The van der Waals surface area contributed by atoms with Crippen molar-refractivity contribution in [1.82, 2.24) is 9.97 Å². The van der Waals surface area contributed by atoms with Crippen molar-refractivity contribution in [3.63, 3.8) is 0 Å². The van der Waals surface area contributed by atoms with Crippen LogP contribution in [0.4, 0.5) is 23.1 Å². The molecule has 0 amide bonds. The van der Waals surface area contributed by atoms with Gasteiger partial charge in [0, 0.05) is 36.6 Å². The van der Waals surface area contributed by atoms with E-state index in [1.54, 1.807) is 6.26 Å². The molecule has 3 heterocycles. The number of aromatic nitrogens is 2. The maximum absolute atomic E-state index is 11.6. The number of hydrogen-bond acceptors (Lipinski definition) is 8. The van der Waals surface area contributed by atoms with Gasteiger partial charge in [0.2, 0.25) is 5.95 Å². The zero-order chi connectivity index (χ0) is 19.1. The van der Waals surface area contributed by atoms with Crippen molar-refractivity contribution in [2.75, 3.05) is 40.1 Å². The minimum Gasteiger partial charge on any atom is -0.459 e. The lowest BCUT2D eigenvalue weighted by molar-refractivity contribution is 0.587. The summed E-state index contributed by atoms with van der Waals surface area (Å²) >= 11 is 0. The number of nitrogens with zero attached hydrogens (tertiary/aromatic N) is 3. The van der Waals surface area contributed by atoms with Crippen LogP contribution in [0.5, 0.6) is 0 Å². The van der Waals surface area contributed by atoms with Crippen LogP contribution in [0.3, 0.4) is 0 Å². The van der Waals surface area contributed by atoms with Gasteiger partial charge in [0.1, 0.15) is 5.52 Å². The fourth-order valence-corrected chi connectivity index (χ4v) is 4.49. The van der Waals surface area contributed by atoms with E-state index in [0.29, 0.717) is 36.5 Å². The second-order valence-corrected chi connectivity index (χ2v) is 9.56.